The van der Waals surface area contributed by atoms with E-state index >= 15 is 0 Å². The van der Waals surface area contributed by atoms with Crippen molar-refractivity contribution >= 4 is 28.9 Å². The van der Waals surface area contributed by atoms with Crippen LogP contribution in [-0.2, 0) is 9.53 Å². The second kappa shape index (κ2) is 8.51. The van der Waals surface area contributed by atoms with Gasteiger partial charge in [-0.25, -0.2) is 4.79 Å². The van der Waals surface area contributed by atoms with Crippen LogP contribution in [0.1, 0.15) is 28.4 Å². The first-order chi connectivity index (χ1) is 13.1. The summed E-state index contributed by atoms with van der Waals surface area (Å²) in [5.41, 5.74) is 2.74. The van der Waals surface area contributed by atoms with E-state index in [9.17, 15) is 19.7 Å². The quantitative estimate of drug-likeness (QED) is 0.464. The van der Waals surface area contributed by atoms with Gasteiger partial charge in [0, 0.05) is 31.9 Å². The minimum Gasteiger partial charge on any atom is -0.449 e. The molecule has 1 N–H and O–H groups in total. The van der Waals surface area contributed by atoms with E-state index in [1.54, 1.807) is 19.0 Å². The lowest BCUT2D eigenvalue weighted by Gasteiger charge is -2.19. The van der Waals surface area contributed by atoms with Gasteiger partial charge in [0.1, 0.15) is 0 Å². The molecule has 0 aromatic heterocycles. The number of non-ortho nitro benzene ring substituents is 1. The molecule has 2 rings (SSSR count). The summed E-state index contributed by atoms with van der Waals surface area (Å²) in [6, 6.07) is 9.56. The minimum absolute atomic E-state index is 0.0191. The number of carbonyl (C=O) groups is 2. The molecule has 0 spiro atoms. The van der Waals surface area contributed by atoms with E-state index in [4.69, 9.17) is 4.74 Å². The smallest absolute Gasteiger partial charge is 0.341 e. The van der Waals surface area contributed by atoms with Crippen molar-refractivity contribution in [2.45, 2.75) is 26.9 Å². The fourth-order valence-corrected chi connectivity index (χ4v) is 2.57. The van der Waals surface area contributed by atoms with Crippen LogP contribution in [-0.4, -0.2) is 37.0 Å². The van der Waals surface area contributed by atoms with Crippen LogP contribution in [0.3, 0.4) is 0 Å². The summed E-state index contributed by atoms with van der Waals surface area (Å²) in [6.07, 6.45) is -1.08. The van der Waals surface area contributed by atoms with Gasteiger partial charge < -0.3 is 15.0 Å². The molecule has 0 unspecified atom stereocenters. The van der Waals surface area contributed by atoms with Crippen LogP contribution in [0.15, 0.2) is 36.4 Å². The zero-order valence-corrected chi connectivity index (χ0v) is 16.5. The summed E-state index contributed by atoms with van der Waals surface area (Å²) in [5.74, 6) is -1.30. The molecule has 0 saturated heterocycles. The molecule has 0 bridgehead atoms. The Morgan fingerprint density at radius 3 is 2.43 bits per heavy atom. The van der Waals surface area contributed by atoms with Gasteiger partial charge in [-0.3, -0.25) is 14.9 Å². The lowest BCUT2D eigenvalue weighted by molar-refractivity contribution is -0.384. The standard InChI is InChI=1S/C20H23N3O5/c1-12-6-7-13(2)17(10-12)21-19(24)14(3)28-20(25)16-11-15(23(26)27)8-9-18(16)22(4)5/h6-11,14H,1-5H3,(H,21,24)/t14-/m0/s1. The van der Waals surface area contributed by atoms with E-state index in [1.165, 1.54) is 19.1 Å². The highest BCUT2D eigenvalue weighted by Crippen LogP contribution is 2.25. The minimum atomic E-state index is -1.08. The number of nitro benzene ring substituents is 1. The molecule has 28 heavy (non-hydrogen) atoms. The van der Waals surface area contributed by atoms with E-state index in [0.29, 0.717) is 11.4 Å². The Bertz CT molecular complexity index is 924. The number of nitrogens with zero attached hydrogens (tertiary/aromatic N) is 2. The van der Waals surface area contributed by atoms with Gasteiger partial charge in [-0.1, -0.05) is 12.1 Å². The van der Waals surface area contributed by atoms with Crippen LogP contribution in [0.2, 0.25) is 0 Å². The highest BCUT2D eigenvalue weighted by molar-refractivity contribution is 6.00. The Morgan fingerprint density at radius 1 is 1.14 bits per heavy atom. The summed E-state index contributed by atoms with van der Waals surface area (Å²) in [4.78, 5) is 37.1. The van der Waals surface area contributed by atoms with Crippen LogP contribution >= 0.6 is 0 Å². The number of hydrogen-bond acceptors (Lipinski definition) is 6. The third-order valence-corrected chi connectivity index (χ3v) is 4.20. The fourth-order valence-electron chi connectivity index (χ4n) is 2.57. The Kier molecular flexibility index (Phi) is 6.35. The van der Waals surface area contributed by atoms with Crippen molar-refractivity contribution in [3.8, 4) is 0 Å². The number of ether oxygens (including phenoxy) is 1. The van der Waals surface area contributed by atoms with E-state index in [0.717, 1.165) is 17.2 Å². The number of anilines is 2. The van der Waals surface area contributed by atoms with Crippen LogP contribution in [0.4, 0.5) is 17.1 Å². The number of carbonyl (C=O) groups excluding carboxylic acids is 2. The number of rotatable bonds is 6. The first-order valence-electron chi connectivity index (χ1n) is 8.65. The van der Waals surface area contributed by atoms with Crippen molar-refractivity contribution in [1.29, 1.82) is 0 Å². The maximum atomic E-state index is 12.6. The van der Waals surface area contributed by atoms with Crippen molar-refractivity contribution in [2.75, 3.05) is 24.3 Å². The molecule has 0 aliphatic rings. The summed E-state index contributed by atoms with van der Waals surface area (Å²) in [7, 11) is 3.41. The topological polar surface area (TPSA) is 102 Å². The highest BCUT2D eigenvalue weighted by Gasteiger charge is 2.24. The van der Waals surface area contributed by atoms with Crippen LogP contribution < -0.4 is 10.2 Å². The molecule has 0 aliphatic carbocycles. The molecule has 0 saturated carbocycles. The molecule has 2 aromatic rings. The molecule has 2 aromatic carbocycles. The fraction of sp³-hybridized carbons (Fsp3) is 0.300. The van der Waals surface area contributed by atoms with Crippen molar-refractivity contribution in [3.05, 3.63) is 63.2 Å². The van der Waals surface area contributed by atoms with E-state index in [-0.39, 0.29) is 11.3 Å². The third-order valence-electron chi connectivity index (χ3n) is 4.20. The molecular formula is C20H23N3O5. The second-order valence-electron chi connectivity index (χ2n) is 6.71. The number of nitrogens with one attached hydrogen (secondary N) is 1. The van der Waals surface area contributed by atoms with E-state index in [2.05, 4.69) is 5.32 Å². The highest BCUT2D eigenvalue weighted by atomic mass is 16.6. The van der Waals surface area contributed by atoms with Gasteiger partial charge in [0.05, 0.1) is 16.2 Å². The molecule has 0 aliphatic heterocycles. The molecule has 8 heteroatoms. The second-order valence-corrected chi connectivity index (χ2v) is 6.71. The first-order valence-corrected chi connectivity index (χ1v) is 8.65. The SMILES string of the molecule is Cc1ccc(C)c(NC(=O)[C@H](C)OC(=O)c2cc([N+](=O)[O-])ccc2N(C)C)c1. The van der Waals surface area contributed by atoms with Crippen molar-refractivity contribution < 1.29 is 19.2 Å². The molecular weight excluding hydrogens is 362 g/mol. The van der Waals surface area contributed by atoms with Gasteiger partial charge in [0.15, 0.2) is 6.10 Å². The van der Waals surface area contributed by atoms with Gasteiger partial charge in [0.25, 0.3) is 11.6 Å². The lowest BCUT2D eigenvalue weighted by atomic mass is 10.1. The number of aryl methyl sites for hydroxylation is 2. The Morgan fingerprint density at radius 2 is 1.82 bits per heavy atom. The Hall–Kier alpha value is -3.42. The number of benzene rings is 2. The number of hydrogen-bond donors (Lipinski definition) is 1. The average Bonchev–Trinajstić information content (AvgIpc) is 2.63. The predicted molar refractivity (Wildman–Crippen MR) is 107 cm³/mol. The first kappa shape index (κ1) is 20.9. The molecule has 148 valence electrons. The van der Waals surface area contributed by atoms with Gasteiger partial charge in [-0.2, -0.15) is 0 Å². The molecule has 1 atom stereocenters. The summed E-state index contributed by atoms with van der Waals surface area (Å²) < 4.78 is 5.27. The largest absolute Gasteiger partial charge is 0.449 e. The van der Waals surface area contributed by atoms with Crippen LogP contribution in [0.25, 0.3) is 0 Å². The Balaban J connectivity index is 2.19. The average molecular weight is 385 g/mol. The van der Waals surface area contributed by atoms with E-state index < -0.39 is 22.9 Å². The number of amides is 1. The van der Waals surface area contributed by atoms with Crippen molar-refractivity contribution in [1.82, 2.24) is 0 Å². The van der Waals surface area contributed by atoms with Gasteiger partial charge in [-0.15, -0.1) is 0 Å². The van der Waals surface area contributed by atoms with Crippen molar-refractivity contribution in [3.63, 3.8) is 0 Å². The van der Waals surface area contributed by atoms with Crippen molar-refractivity contribution in [2.24, 2.45) is 0 Å². The number of nitro groups is 1. The van der Waals surface area contributed by atoms with E-state index in [1.807, 2.05) is 32.0 Å². The Labute approximate surface area is 163 Å². The maximum Gasteiger partial charge on any atom is 0.341 e. The number of esters is 1. The zero-order valence-electron chi connectivity index (χ0n) is 16.5. The van der Waals surface area contributed by atoms with Crippen LogP contribution in [0.5, 0.6) is 0 Å². The monoisotopic (exact) mass is 385 g/mol. The zero-order chi connectivity index (χ0) is 21.0. The third kappa shape index (κ3) is 4.85. The molecule has 0 fully saturated rings. The van der Waals surface area contributed by atoms with Crippen LogP contribution in [0, 0.1) is 24.0 Å². The lowest BCUT2D eigenvalue weighted by Crippen LogP contribution is -2.30. The summed E-state index contributed by atoms with van der Waals surface area (Å²) in [5, 5.41) is 13.8. The predicted octanol–water partition coefficient (Wildman–Crippen LogP) is 3.46. The maximum absolute atomic E-state index is 12.6. The van der Waals surface area contributed by atoms with Gasteiger partial charge in [-0.05, 0) is 44.0 Å². The molecule has 1 amide bonds. The summed E-state index contributed by atoms with van der Waals surface area (Å²) in [6.45, 7) is 5.22. The molecule has 8 nitrogen and oxygen atoms in total. The van der Waals surface area contributed by atoms with Gasteiger partial charge >= 0.3 is 5.97 Å². The summed E-state index contributed by atoms with van der Waals surface area (Å²) >= 11 is 0. The normalized spacial score (nSPS) is 11.5. The van der Waals surface area contributed by atoms with Gasteiger partial charge in [0.2, 0.25) is 0 Å². The molecule has 0 radical (unpaired) electrons. The molecule has 0 heterocycles.